The molecule has 13 heteroatoms. The average Bonchev–Trinajstić information content (AvgIpc) is 3.15. The zero-order valence-corrected chi connectivity index (χ0v) is 35.5. The van der Waals surface area contributed by atoms with Crippen LogP contribution in [0.3, 0.4) is 0 Å². The Labute approximate surface area is 316 Å². The van der Waals surface area contributed by atoms with Crippen molar-refractivity contribution in [1.82, 2.24) is 5.32 Å². The Morgan fingerprint density at radius 3 is 1.85 bits per heavy atom. The van der Waals surface area contributed by atoms with E-state index in [1.165, 1.54) is 7.11 Å². The molecule has 0 spiro atoms. The lowest BCUT2D eigenvalue weighted by atomic mass is 9.85. The molecule has 2 bridgehead atoms. The van der Waals surface area contributed by atoms with Crippen molar-refractivity contribution in [3.8, 4) is 0 Å². The second-order valence-corrected chi connectivity index (χ2v) is 13.4. The number of ketones is 1. The first-order valence-electron chi connectivity index (χ1n) is 19.8. The van der Waals surface area contributed by atoms with E-state index >= 15 is 0 Å². The molecule has 4 saturated heterocycles. The molecular weight excluding hydrogens is 674 g/mol. The number of aliphatic hydroxyl groups is 5. The summed E-state index contributed by atoms with van der Waals surface area (Å²) in [4.78, 5) is 23.0. The van der Waals surface area contributed by atoms with Crippen LogP contribution >= 0.6 is 0 Å². The van der Waals surface area contributed by atoms with Gasteiger partial charge in [-0.1, -0.05) is 76.2 Å². The molecule has 0 radical (unpaired) electrons. The van der Waals surface area contributed by atoms with Crippen molar-refractivity contribution in [2.45, 2.75) is 203 Å². The molecule has 52 heavy (non-hydrogen) atoms. The summed E-state index contributed by atoms with van der Waals surface area (Å²) in [6.07, 6.45) is -2.66. The molecule has 13 nitrogen and oxygen atoms in total. The number of aliphatic hydroxyl groups excluding tert-OH is 4. The third-order valence-corrected chi connectivity index (χ3v) is 8.65. The summed E-state index contributed by atoms with van der Waals surface area (Å²) in [5.41, 5.74) is -0.870. The maximum atomic E-state index is 12.2. The highest BCUT2D eigenvalue weighted by molar-refractivity contribution is 5.84. The summed E-state index contributed by atoms with van der Waals surface area (Å²) in [5, 5.41) is 51.9. The smallest absolute Gasteiger partial charge is 0.309 e. The van der Waals surface area contributed by atoms with Gasteiger partial charge in [0.05, 0.1) is 23.7 Å². The number of cyclic esters (lactones) is 1. The number of rotatable bonds is 1. The van der Waals surface area contributed by atoms with Crippen molar-refractivity contribution >= 4 is 11.8 Å². The molecule has 4 aliphatic heterocycles. The van der Waals surface area contributed by atoms with Crippen molar-refractivity contribution in [1.29, 1.82) is 0 Å². The first-order chi connectivity index (χ1) is 24.4. The molecule has 0 amide bonds. The van der Waals surface area contributed by atoms with Crippen LogP contribution in [0.5, 0.6) is 0 Å². The van der Waals surface area contributed by atoms with Crippen molar-refractivity contribution < 1.29 is 58.8 Å². The Morgan fingerprint density at radius 2 is 1.35 bits per heavy atom. The number of fused-ring (bicyclic) bond motifs is 2. The van der Waals surface area contributed by atoms with E-state index in [0.717, 1.165) is 13.0 Å². The minimum absolute atomic E-state index is 0.0420. The second kappa shape index (κ2) is 30.0. The maximum absolute atomic E-state index is 12.2. The van der Waals surface area contributed by atoms with Gasteiger partial charge >= 0.3 is 5.97 Å². The number of hydrogen-bond donors (Lipinski definition) is 6. The van der Waals surface area contributed by atoms with Crippen LogP contribution in [0.1, 0.15) is 136 Å². The van der Waals surface area contributed by atoms with Crippen molar-refractivity contribution in [2.75, 3.05) is 20.3 Å². The molecule has 0 saturated carbocycles. The molecule has 4 aliphatic rings. The number of Topliss-reactive ketones (excluding diaryl/α,β-unsaturated/α-hetero) is 1. The molecule has 314 valence electrons. The predicted molar refractivity (Wildman–Crippen MR) is 205 cm³/mol. The summed E-state index contributed by atoms with van der Waals surface area (Å²) >= 11 is 0. The van der Waals surface area contributed by atoms with E-state index in [9.17, 15) is 24.9 Å². The maximum Gasteiger partial charge on any atom is 0.309 e. The average molecular weight is 756 g/mol. The third kappa shape index (κ3) is 21.0. The number of hydrogen-bond acceptors (Lipinski definition) is 13. The van der Waals surface area contributed by atoms with Crippen LogP contribution < -0.4 is 5.32 Å². The summed E-state index contributed by atoms with van der Waals surface area (Å²) in [6.45, 7) is 29.9. The minimum Gasteiger partial charge on any atom is -0.460 e. The van der Waals surface area contributed by atoms with Gasteiger partial charge < -0.3 is 54.5 Å². The van der Waals surface area contributed by atoms with Gasteiger partial charge in [0, 0.05) is 26.0 Å². The van der Waals surface area contributed by atoms with Crippen LogP contribution in [0.2, 0.25) is 0 Å². The highest BCUT2D eigenvalue weighted by Gasteiger charge is 2.41. The van der Waals surface area contributed by atoms with Crippen LogP contribution in [0.4, 0.5) is 0 Å². The lowest BCUT2D eigenvalue weighted by Gasteiger charge is -2.39. The van der Waals surface area contributed by atoms with Gasteiger partial charge in [-0.3, -0.25) is 9.59 Å². The Kier molecular flexibility index (Phi) is 31.8. The Morgan fingerprint density at radius 1 is 0.788 bits per heavy atom. The number of methoxy groups -OCH3 is 1. The normalized spacial score (nSPS) is 39.0. The summed E-state index contributed by atoms with van der Waals surface area (Å²) < 4.78 is 26.0. The van der Waals surface area contributed by atoms with Gasteiger partial charge in [0.25, 0.3) is 0 Å². The molecule has 14 atom stereocenters. The second-order valence-electron chi connectivity index (χ2n) is 13.4. The Hall–Kier alpha value is -1.26. The van der Waals surface area contributed by atoms with Crippen molar-refractivity contribution in [2.24, 2.45) is 17.8 Å². The molecule has 4 heterocycles. The summed E-state index contributed by atoms with van der Waals surface area (Å²) in [5.74, 6) is -0.314. The van der Waals surface area contributed by atoms with E-state index in [0.29, 0.717) is 25.2 Å². The predicted octanol–water partition coefficient (Wildman–Crippen LogP) is 4.76. The fraction of sp³-hybridized carbons (Fsp3) is 0.949. The quantitative estimate of drug-likeness (QED) is 0.201. The molecular formula is C39H81NO12. The summed E-state index contributed by atoms with van der Waals surface area (Å²) in [6, 6.07) is -0.0810. The van der Waals surface area contributed by atoms with Gasteiger partial charge in [0.15, 0.2) is 18.4 Å². The lowest BCUT2D eigenvalue weighted by molar-refractivity contribution is -0.227. The third-order valence-electron chi connectivity index (χ3n) is 8.65. The number of esters is 1. The van der Waals surface area contributed by atoms with Crippen molar-refractivity contribution in [3.05, 3.63) is 0 Å². The lowest BCUT2D eigenvalue weighted by Crippen LogP contribution is -2.53. The van der Waals surface area contributed by atoms with Gasteiger partial charge in [-0.05, 0) is 65.3 Å². The Bertz CT molecular complexity index is 881. The zero-order chi connectivity index (χ0) is 41.4. The van der Waals surface area contributed by atoms with Crippen LogP contribution in [-0.4, -0.2) is 124 Å². The van der Waals surface area contributed by atoms with E-state index < -0.39 is 48.7 Å². The molecule has 0 aromatic rings. The van der Waals surface area contributed by atoms with E-state index in [1.54, 1.807) is 6.92 Å². The Balaban J connectivity index is -0.000000710. The highest BCUT2D eigenvalue weighted by atomic mass is 16.6. The monoisotopic (exact) mass is 756 g/mol. The zero-order valence-electron chi connectivity index (χ0n) is 35.5. The standard InChI is InChI=1S/C18H33NO5.C7H14O3.C6H10O4.4C2H6/c1-10-7-18(5,22)8-14-6-11(2)17(21)23-13(4)15(20)16(24-14)12(3)19-9-10;1-4-3-5(2)10-7(9)6(4)8;1-9-5-2-6(8)10-3-4(5)7;4*1-2/h10-16,19-20,22H,6-9H2,1-5H3;4-9H,3H2,1-2H3;5-6,8H,2-3H2,1H3;4*1-2H3/t10-,11?,12?,13-,14+,15?,16?,18-;4?,5?,6-,7?;;;;;/m11...../s1. The van der Waals surface area contributed by atoms with Crippen molar-refractivity contribution in [3.63, 3.8) is 0 Å². The molecule has 0 aromatic heterocycles. The molecule has 4 fully saturated rings. The van der Waals surface area contributed by atoms with Gasteiger partial charge in [0.2, 0.25) is 0 Å². The van der Waals surface area contributed by atoms with Crippen LogP contribution in [-0.2, 0) is 33.3 Å². The van der Waals surface area contributed by atoms with Gasteiger partial charge in [-0.2, -0.15) is 0 Å². The van der Waals surface area contributed by atoms with E-state index in [-0.39, 0.29) is 54.9 Å². The van der Waals surface area contributed by atoms with Crippen LogP contribution in [0.25, 0.3) is 0 Å². The number of nitrogens with one attached hydrogen (secondary N) is 1. The minimum atomic E-state index is -0.987. The first-order valence-corrected chi connectivity index (χ1v) is 19.8. The van der Waals surface area contributed by atoms with Crippen LogP contribution in [0, 0.1) is 17.8 Å². The fourth-order valence-corrected chi connectivity index (χ4v) is 6.13. The largest absolute Gasteiger partial charge is 0.460 e. The SMILES string of the molecule is CC.CC.CC.CC.CC1CC(C)[C@@H](O)C(O)O1.CC1C[C@H]2C[C@](C)(O)C[C@@H](C)CNC(C)C(O2)C(O)[C@@H](C)OC1=O.COC1CC(O)OCC1=O. The topological polar surface area (TPSA) is 193 Å². The van der Waals surface area contributed by atoms with Crippen LogP contribution in [0.15, 0.2) is 0 Å². The molecule has 9 unspecified atom stereocenters. The van der Waals surface area contributed by atoms with Gasteiger partial charge in [-0.25, -0.2) is 0 Å². The highest BCUT2D eigenvalue weighted by Crippen LogP contribution is 2.31. The summed E-state index contributed by atoms with van der Waals surface area (Å²) in [7, 11) is 1.45. The van der Waals surface area contributed by atoms with Gasteiger partial charge in [-0.15, -0.1) is 0 Å². The number of ether oxygens (including phenoxy) is 5. The number of carbonyl (C=O) groups excluding carboxylic acids is 2. The van der Waals surface area contributed by atoms with E-state index in [4.69, 9.17) is 29.2 Å². The fourth-order valence-electron chi connectivity index (χ4n) is 6.13. The number of carbonyl (C=O) groups is 2. The van der Waals surface area contributed by atoms with E-state index in [1.807, 2.05) is 90.0 Å². The first kappa shape index (κ1) is 55.1. The molecule has 0 aromatic carbocycles. The molecule has 4 rings (SSSR count). The van der Waals surface area contributed by atoms with Gasteiger partial charge in [0.1, 0.15) is 37.1 Å². The molecule has 6 N–H and O–H groups in total. The van der Waals surface area contributed by atoms with E-state index in [2.05, 4.69) is 17.0 Å². The molecule has 0 aliphatic carbocycles.